The van der Waals surface area contributed by atoms with E-state index in [0.29, 0.717) is 0 Å². The molecule has 0 aromatic carbocycles. The monoisotopic (exact) mass is 275 g/mol. The lowest BCUT2D eigenvalue weighted by atomic mass is 10.6. The summed E-state index contributed by atoms with van der Waals surface area (Å²) in [6.07, 6.45) is -0.528. The Bertz CT molecular complexity index is 329. The van der Waals surface area contributed by atoms with E-state index in [4.69, 9.17) is 0 Å². The number of methoxy groups -OCH3 is 1. The highest BCUT2D eigenvalue weighted by Crippen LogP contribution is 1.92. The van der Waals surface area contributed by atoms with E-state index in [-0.39, 0.29) is 13.2 Å². The molecule has 8 nitrogen and oxygen atoms in total. The maximum Gasteiger partial charge on any atom is 0.407 e. The summed E-state index contributed by atoms with van der Waals surface area (Å²) in [5.74, 6) is -1.32. The van der Waals surface area contributed by atoms with E-state index < -0.39 is 30.9 Å². The van der Waals surface area contributed by atoms with Crippen LogP contribution in [0.3, 0.4) is 0 Å². The Labute approximate surface area is 110 Å². The Morgan fingerprint density at radius 1 is 1.32 bits per heavy atom. The lowest BCUT2D eigenvalue weighted by Crippen LogP contribution is -2.31. The van der Waals surface area contributed by atoms with Gasteiger partial charge in [-0.25, -0.2) is 14.4 Å². The molecule has 0 bridgehead atoms. The Hall–Kier alpha value is -2.09. The molecule has 0 heterocycles. The van der Waals surface area contributed by atoms with Crippen molar-refractivity contribution in [2.75, 3.05) is 26.9 Å². The van der Waals surface area contributed by atoms with Crippen LogP contribution in [0.1, 0.15) is 6.92 Å². The minimum atomic E-state index is -0.823. The van der Waals surface area contributed by atoms with Crippen molar-refractivity contribution in [3.05, 3.63) is 12.7 Å². The summed E-state index contributed by atoms with van der Waals surface area (Å²) in [5.41, 5.74) is 0. The molecular weight excluding hydrogens is 258 g/mol. The summed E-state index contributed by atoms with van der Waals surface area (Å²) in [6.45, 7) is 4.22. The average Bonchev–Trinajstić information content (AvgIpc) is 2.40. The third kappa shape index (κ3) is 9.60. The highest BCUT2D eigenvalue weighted by atomic mass is 16.7. The normalized spacial score (nSPS) is 11.1. The minimum absolute atomic E-state index is 0.0227. The maximum atomic E-state index is 11.1. The van der Waals surface area contributed by atoms with Crippen LogP contribution in [0.4, 0.5) is 4.79 Å². The Morgan fingerprint density at radius 2 is 2.00 bits per heavy atom. The van der Waals surface area contributed by atoms with Crippen LogP contribution in [-0.4, -0.2) is 51.2 Å². The highest BCUT2D eigenvalue weighted by molar-refractivity contribution is 5.81. The lowest BCUT2D eigenvalue weighted by Gasteiger charge is -2.11. The molecular formula is C11H17NO7. The van der Waals surface area contributed by atoms with Crippen molar-refractivity contribution in [1.29, 1.82) is 0 Å². The van der Waals surface area contributed by atoms with Crippen molar-refractivity contribution in [1.82, 2.24) is 5.32 Å². The van der Waals surface area contributed by atoms with E-state index in [0.717, 1.165) is 6.08 Å². The molecule has 0 radical (unpaired) electrons. The number of ether oxygens (including phenoxy) is 4. The van der Waals surface area contributed by atoms with Crippen LogP contribution in [-0.2, 0) is 28.5 Å². The van der Waals surface area contributed by atoms with E-state index in [1.165, 1.54) is 14.0 Å². The van der Waals surface area contributed by atoms with E-state index in [1.54, 1.807) is 0 Å². The number of hydrogen-bond acceptors (Lipinski definition) is 7. The van der Waals surface area contributed by atoms with Crippen molar-refractivity contribution in [2.45, 2.75) is 13.2 Å². The van der Waals surface area contributed by atoms with Gasteiger partial charge in [0.2, 0.25) is 0 Å². The zero-order valence-corrected chi connectivity index (χ0v) is 10.8. The fourth-order valence-corrected chi connectivity index (χ4v) is 0.806. The van der Waals surface area contributed by atoms with Gasteiger partial charge in [0.15, 0.2) is 12.9 Å². The number of rotatable bonds is 8. The Balaban J connectivity index is 3.61. The van der Waals surface area contributed by atoms with Gasteiger partial charge < -0.3 is 24.3 Å². The molecule has 8 heteroatoms. The smallest absolute Gasteiger partial charge is 0.407 e. The quantitative estimate of drug-likeness (QED) is 0.218. The molecule has 19 heavy (non-hydrogen) atoms. The number of carbonyl (C=O) groups excluding carboxylic acids is 3. The fourth-order valence-electron chi connectivity index (χ4n) is 0.806. The number of esters is 2. The summed E-state index contributed by atoms with van der Waals surface area (Å²) in [7, 11) is 1.37. The van der Waals surface area contributed by atoms with Crippen LogP contribution in [0.15, 0.2) is 12.7 Å². The van der Waals surface area contributed by atoms with Gasteiger partial charge in [-0.05, 0) is 6.92 Å². The van der Waals surface area contributed by atoms with Crippen LogP contribution in [0, 0.1) is 0 Å². The second-order valence-corrected chi connectivity index (χ2v) is 3.17. The molecule has 108 valence electrons. The van der Waals surface area contributed by atoms with Crippen LogP contribution in [0.25, 0.3) is 0 Å². The summed E-state index contributed by atoms with van der Waals surface area (Å²) in [6, 6.07) is 0. The molecule has 0 saturated carbocycles. The first kappa shape index (κ1) is 16.9. The van der Waals surface area contributed by atoms with E-state index in [1.807, 2.05) is 0 Å². The summed E-state index contributed by atoms with van der Waals surface area (Å²) >= 11 is 0. The third-order valence-electron chi connectivity index (χ3n) is 1.73. The van der Waals surface area contributed by atoms with Crippen molar-refractivity contribution < 1.29 is 33.3 Å². The number of hydrogen-bond donors (Lipinski definition) is 1. The van der Waals surface area contributed by atoms with Crippen LogP contribution < -0.4 is 5.32 Å². The third-order valence-corrected chi connectivity index (χ3v) is 1.73. The first-order valence-corrected chi connectivity index (χ1v) is 5.41. The fraction of sp³-hybridized carbons (Fsp3) is 0.545. The second kappa shape index (κ2) is 9.89. The summed E-state index contributed by atoms with van der Waals surface area (Å²) < 4.78 is 18.5. The SMILES string of the molecule is C=CC(=O)OCCNC(=O)OCC(=O)OC(C)OC. The second-order valence-electron chi connectivity index (χ2n) is 3.17. The molecule has 1 N–H and O–H groups in total. The standard InChI is InChI=1S/C11H17NO7/c1-4-9(13)17-6-5-12-11(15)18-7-10(14)19-8(2)16-3/h4,8H,1,5-7H2,2-3H3,(H,12,15). The number of alkyl carbamates (subject to hydrolysis) is 1. The molecule has 0 aliphatic carbocycles. The Kier molecular flexibility index (Phi) is 8.80. The van der Waals surface area contributed by atoms with Crippen LogP contribution in [0.5, 0.6) is 0 Å². The van der Waals surface area contributed by atoms with Crippen molar-refractivity contribution in [3.8, 4) is 0 Å². The molecule has 0 aliphatic rings. The van der Waals surface area contributed by atoms with E-state index in [9.17, 15) is 14.4 Å². The van der Waals surface area contributed by atoms with E-state index in [2.05, 4.69) is 30.8 Å². The number of nitrogens with one attached hydrogen (secondary N) is 1. The average molecular weight is 275 g/mol. The number of amides is 1. The van der Waals surface area contributed by atoms with Gasteiger partial charge in [-0.3, -0.25) is 0 Å². The van der Waals surface area contributed by atoms with Crippen LogP contribution >= 0.6 is 0 Å². The molecule has 0 rings (SSSR count). The highest BCUT2D eigenvalue weighted by Gasteiger charge is 2.11. The van der Waals surface area contributed by atoms with Gasteiger partial charge in [0, 0.05) is 13.2 Å². The van der Waals surface area contributed by atoms with Crippen molar-refractivity contribution in [3.63, 3.8) is 0 Å². The molecule has 1 amide bonds. The molecule has 0 aromatic rings. The first-order chi connectivity index (χ1) is 8.99. The van der Waals surface area contributed by atoms with Gasteiger partial charge in [0.25, 0.3) is 0 Å². The lowest BCUT2D eigenvalue weighted by molar-refractivity contribution is -0.172. The molecule has 1 atom stereocenters. The molecule has 0 aliphatic heterocycles. The van der Waals surface area contributed by atoms with E-state index >= 15 is 0 Å². The topological polar surface area (TPSA) is 100 Å². The largest absolute Gasteiger partial charge is 0.461 e. The zero-order valence-electron chi connectivity index (χ0n) is 10.8. The molecule has 0 saturated heterocycles. The first-order valence-electron chi connectivity index (χ1n) is 5.41. The predicted octanol–water partition coefficient (Wildman–Crippen LogP) is -0.0226. The summed E-state index contributed by atoms with van der Waals surface area (Å²) in [5, 5.41) is 2.27. The molecule has 0 fully saturated rings. The molecule has 0 spiro atoms. The summed E-state index contributed by atoms with van der Waals surface area (Å²) in [4.78, 5) is 32.8. The number of carbonyl (C=O) groups is 3. The van der Waals surface area contributed by atoms with Gasteiger partial charge in [-0.2, -0.15) is 0 Å². The minimum Gasteiger partial charge on any atom is -0.461 e. The maximum absolute atomic E-state index is 11.1. The molecule has 1 unspecified atom stereocenters. The van der Waals surface area contributed by atoms with Gasteiger partial charge in [0.05, 0.1) is 6.54 Å². The van der Waals surface area contributed by atoms with Crippen LogP contribution in [0.2, 0.25) is 0 Å². The van der Waals surface area contributed by atoms with Gasteiger partial charge in [-0.1, -0.05) is 6.58 Å². The van der Waals surface area contributed by atoms with Gasteiger partial charge in [-0.15, -0.1) is 0 Å². The van der Waals surface area contributed by atoms with Gasteiger partial charge >= 0.3 is 18.0 Å². The molecule has 0 aromatic heterocycles. The van der Waals surface area contributed by atoms with Gasteiger partial charge in [0.1, 0.15) is 6.61 Å². The van der Waals surface area contributed by atoms with Crippen molar-refractivity contribution >= 4 is 18.0 Å². The van der Waals surface area contributed by atoms with Crippen molar-refractivity contribution in [2.24, 2.45) is 0 Å². The predicted molar refractivity (Wildman–Crippen MR) is 63.1 cm³/mol. The zero-order chi connectivity index (χ0) is 14.7. The Morgan fingerprint density at radius 3 is 2.58 bits per heavy atom.